The maximum atomic E-state index is 11.8. The van der Waals surface area contributed by atoms with Crippen LogP contribution in [0.25, 0.3) is 11.1 Å². The smallest absolute Gasteiger partial charge is 0.161 e. The highest BCUT2D eigenvalue weighted by Crippen LogP contribution is 2.34. The van der Waals surface area contributed by atoms with Gasteiger partial charge in [-0.25, -0.2) is 0 Å². The van der Waals surface area contributed by atoms with Crippen LogP contribution in [-0.4, -0.2) is 31.7 Å². The summed E-state index contributed by atoms with van der Waals surface area (Å²) in [5, 5.41) is 9.10. The van der Waals surface area contributed by atoms with Gasteiger partial charge in [-0.2, -0.15) is 0 Å². The molecule has 24 heavy (non-hydrogen) atoms. The maximum Gasteiger partial charge on any atom is 0.161 e. The van der Waals surface area contributed by atoms with Crippen LogP contribution in [0, 0.1) is 5.92 Å². The number of benzene rings is 2. The number of carbonyl (C=O) groups is 1. The number of methoxy groups -OCH3 is 2. The molecule has 0 amide bonds. The van der Waals surface area contributed by atoms with E-state index in [1.54, 1.807) is 14.2 Å². The van der Waals surface area contributed by atoms with Crippen LogP contribution < -0.4 is 9.47 Å². The third-order valence-corrected chi connectivity index (χ3v) is 4.76. The first-order valence-electron chi connectivity index (χ1n) is 8.14. The van der Waals surface area contributed by atoms with Crippen molar-refractivity contribution in [3.05, 3.63) is 47.5 Å². The van der Waals surface area contributed by atoms with Crippen LogP contribution in [0.1, 0.15) is 17.5 Å². The van der Waals surface area contributed by atoms with Crippen LogP contribution >= 0.6 is 0 Å². The Morgan fingerprint density at radius 3 is 2.46 bits per heavy atom. The van der Waals surface area contributed by atoms with E-state index < -0.39 is 0 Å². The molecule has 126 valence electrons. The monoisotopic (exact) mass is 326 g/mol. The minimum atomic E-state index is -0.366. The summed E-state index contributed by atoms with van der Waals surface area (Å²) in [7, 11) is 3.24. The van der Waals surface area contributed by atoms with Gasteiger partial charge in [-0.05, 0) is 53.6 Å². The van der Waals surface area contributed by atoms with E-state index >= 15 is 0 Å². The molecule has 0 aromatic heterocycles. The minimum Gasteiger partial charge on any atom is -0.493 e. The number of aliphatic hydroxyl groups excluding tert-OH is 1. The van der Waals surface area contributed by atoms with Gasteiger partial charge < -0.3 is 14.6 Å². The van der Waals surface area contributed by atoms with E-state index in [0.29, 0.717) is 17.9 Å². The molecule has 0 bridgehead atoms. The molecule has 0 fully saturated rings. The molecular formula is C20H22O4. The summed E-state index contributed by atoms with van der Waals surface area (Å²) in [6.07, 6.45) is 2.41. The molecule has 1 atom stereocenters. The molecule has 2 aromatic carbocycles. The summed E-state index contributed by atoms with van der Waals surface area (Å²) in [5.41, 5.74) is 4.62. The summed E-state index contributed by atoms with van der Waals surface area (Å²) in [6, 6.07) is 12.2. The Balaban J connectivity index is 1.93. The van der Waals surface area contributed by atoms with E-state index in [-0.39, 0.29) is 18.3 Å². The van der Waals surface area contributed by atoms with Crippen molar-refractivity contribution in [1.82, 2.24) is 0 Å². The highest BCUT2D eigenvalue weighted by atomic mass is 16.5. The molecule has 0 saturated heterocycles. The Hall–Kier alpha value is -2.33. The number of aryl methyl sites for hydroxylation is 1. The van der Waals surface area contributed by atoms with Crippen LogP contribution in [0.4, 0.5) is 0 Å². The van der Waals surface area contributed by atoms with Crippen LogP contribution in [0.3, 0.4) is 0 Å². The lowest BCUT2D eigenvalue weighted by Gasteiger charge is -2.23. The fourth-order valence-corrected chi connectivity index (χ4v) is 3.36. The van der Waals surface area contributed by atoms with Crippen molar-refractivity contribution in [2.45, 2.75) is 19.3 Å². The first-order valence-corrected chi connectivity index (χ1v) is 8.14. The number of carbonyl (C=O) groups excluding carboxylic acids is 1. The van der Waals surface area contributed by atoms with Gasteiger partial charge in [-0.15, -0.1) is 0 Å². The van der Waals surface area contributed by atoms with Gasteiger partial charge in [-0.1, -0.05) is 24.3 Å². The van der Waals surface area contributed by atoms with E-state index in [1.165, 1.54) is 11.1 Å². The maximum absolute atomic E-state index is 11.8. The molecule has 0 spiro atoms. The van der Waals surface area contributed by atoms with Gasteiger partial charge >= 0.3 is 0 Å². The quantitative estimate of drug-likeness (QED) is 0.917. The number of hydrogen-bond donors (Lipinski definition) is 1. The largest absolute Gasteiger partial charge is 0.493 e. The second-order valence-electron chi connectivity index (χ2n) is 6.12. The fourth-order valence-electron chi connectivity index (χ4n) is 3.36. The van der Waals surface area contributed by atoms with Crippen molar-refractivity contribution >= 4 is 5.78 Å². The Labute approximate surface area is 142 Å². The SMILES string of the molecule is COc1ccc(-c2ccc3c(c2)CC(C(=O)CO)CC3)cc1OC. The summed E-state index contributed by atoms with van der Waals surface area (Å²) in [6.45, 7) is -0.366. The first kappa shape index (κ1) is 16.5. The standard InChI is InChI=1S/C20H22O4/c1-23-19-8-7-15(11-20(19)24-2)14-5-3-13-4-6-16(18(22)12-21)10-17(13)9-14/h3,5,7-9,11,16,21H,4,6,10,12H2,1-2H3. The van der Waals surface area contributed by atoms with Crippen molar-refractivity contribution in [1.29, 1.82) is 0 Å². The number of ether oxygens (including phenoxy) is 2. The van der Waals surface area contributed by atoms with Crippen LogP contribution in [0.15, 0.2) is 36.4 Å². The zero-order chi connectivity index (χ0) is 17.1. The van der Waals surface area contributed by atoms with Crippen molar-refractivity contribution in [2.75, 3.05) is 20.8 Å². The zero-order valence-corrected chi connectivity index (χ0v) is 14.0. The normalized spacial score (nSPS) is 16.4. The third kappa shape index (κ3) is 3.15. The van der Waals surface area contributed by atoms with E-state index in [4.69, 9.17) is 14.6 Å². The molecule has 1 aliphatic rings. The lowest BCUT2D eigenvalue weighted by molar-refractivity contribution is -0.125. The molecule has 3 rings (SSSR count). The molecule has 1 unspecified atom stereocenters. The predicted octanol–water partition coefficient (Wildman–Crippen LogP) is 3.04. The number of rotatable bonds is 5. The lowest BCUT2D eigenvalue weighted by Crippen LogP contribution is -2.24. The lowest BCUT2D eigenvalue weighted by atomic mass is 9.81. The Morgan fingerprint density at radius 1 is 1.04 bits per heavy atom. The predicted molar refractivity (Wildman–Crippen MR) is 92.6 cm³/mol. The van der Waals surface area contributed by atoms with Crippen molar-refractivity contribution in [3.63, 3.8) is 0 Å². The molecule has 0 saturated carbocycles. The van der Waals surface area contributed by atoms with Gasteiger partial charge in [0.05, 0.1) is 14.2 Å². The highest BCUT2D eigenvalue weighted by Gasteiger charge is 2.24. The van der Waals surface area contributed by atoms with Gasteiger partial charge in [0.25, 0.3) is 0 Å². The average Bonchev–Trinajstić information content (AvgIpc) is 2.65. The van der Waals surface area contributed by atoms with Gasteiger partial charge in [0.1, 0.15) is 6.61 Å². The van der Waals surface area contributed by atoms with E-state index in [1.807, 2.05) is 18.2 Å². The van der Waals surface area contributed by atoms with Crippen LogP contribution in [-0.2, 0) is 17.6 Å². The molecule has 0 heterocycles. The van der Waals surface area contributed by atoms with E-state index in [9.17, 15) is 4.79 Å². The molecule has 0 radical (unpaired) electrons. The highest BCUT2D eigenvalue weighted by molar-refractivity contribution is 5.82. The van der Waals surface area contributed by atoms with Crippen molar-refractivity contribution in [3.8, 4) is 22.6 Å². The Bertz CT molecular complexity index is 751. The molecule has 4 heteroatoms. The van der Waals surface area contributed by atoms with Crippen molar-refractivity contribution in [2.24, 2.45) is 5.92 Å². The first-order chi connectivity index (χ1) is 11.7. The number of hydrogen-bond acceptors (Lipinski definition) is 4. The average molecular weight is 326 g/mol. The summed E-state index contributed by atoms with van der Waals surface area (Å²) in [5.74, 6) is 1.27. The van der Waals surface area contributed by atoms with Gasteiger partial charge in [-0.3, -0.25) is 4.79 Å². The molecule has 1 N–H and O–H groups in total. The molecule has 0 aliphatic heterocycles. The number of ketones is 1. The number of aliphatic hydroxyl groups is 1. The van der Waals surface area contributed by atoms with E-state index in [2.05, 4.69) is 18.2 Å². The second kappa shape index (κ2) is 7.05. The van der Waals surface area contributed by atoms with Crippen LogP contribution in [0.5, 0.6) is 11.5 Å². The minimum absolute atomic E-state index is 0.0582. The molecular weight excluding hydrogens is 304 g/mol. The number of fused-ring (bicyclic) bond motifs is 1. The van der Waals surface area contributed by atoms with Gasteiger partial charge in [0.2, 0.25) is 0 Å². The van der Waals surface area contributed by atoms with Gasteiger partial charge in [0.15, 0.2) is 17.3 Å². The number of Topliss-reactive ketones (excluding diaryl/α,β-unsaturated/α-hetero) is 1. The Morgan fingerprint density at radius 2 is 1.75 bits per heavy atom. The third-order valence-electron chi connectivity index (χ3n) is 4.76. The van der Waals surface area contributed by atoms with Crippen LogP contribution in [0.2, 0.25) is 0 Å². The fraction of sp³-hybridized carbons (Fsp3) is 0.350. The topological polar surface area (TPSA) is 55.8 Å². The molecule has 1 aliphatic carbocycles. The zero-order valence-electron chi connectivity index (χ0n) is 14.0. The summed E-state index contributed by atoms with van der Waals surface area (Å²) >= 11 is 0. The molecule has 4 nitrogen and oxygen atoms in total. The van der Waals surface area contributed by atoms with E-state index in [0.717, 1.165) is 24.0 Å². The second-order valence-corrected chi connectivity index (χ2v) is 6.12. The van der Waals surface area contributed by atoms with Gasteiger partial charge in [0, 0.05) is 5.92 Å². The van der Waals surface area contributed by atoms with Crippen molar-refractivity contribution < 1.29 is 19.4 Å². The summed E-state index contributed by atoms with van der Waals surface area (Å²) < 4.78 is 10.7. The summed E-state index contributed by atoms with van der Waals surface area (Å²) in [4.78, 5) is 11.8. The Kier molecular flexibility index (Phi) is 4.86. The molecule has 2 aromatic rings.